The average Bonchev–Trinajstić information content (AvgIpc) is 1.62. The van der Waals surface area contributed by atoms with Crippen LogP contribution in [0.1, 0.15) is 70.5 Å². The Bertz CT molecular complexity index is 5120. The van der Waals surface area contributed by atoms with E-state index in [4.69, 9.17) is 46.7 Å². The molecule has 0 radical (unpaired) electrons. The molecule has 540 valence electrons. The van der Waals surface area contributed by atoms with E-state index in [1.165, 1.54) is 25.1 Å². The molecule has 3 atom stereocenters. The van der Waals surface area contributed by atoms with E-state index in [-0.39, 0.29) is 42.4 Å². The Morgan fingerprint density at radius 2 is 0.726 bits per heavy atom. The van der Waals surface area contributed by atoms with Crippen LogP contribution in [-0.4, -0.2) is 156 Å². The van der Waals surface area contributed by atoms with Gasteiger partial charge in [0.15, 0.2) is 16.9 Å². The van der Waals surface area contributed by atoms with Gasteiger partial charge in [-0.3, -0.25) is 14.4 Å². The number of hydrogen-bond donors (Lipinski definition) is 3. The Kier molecular flexibility index (Phi) is 22.2. The molecule has 9 heterocycles. The number of nitrogens with zero attached hydrogens (tertiary/aromatic N) is 16. The van der Waals surface area contributed by atoms with E-state index in [1.54, 1.807) is 37.2 Å². The lowest BCUT2D eigenvalue weighted by atomic mass is 10.1. The fourth-order valence-electron chi connectivity index (χ4n) is 13.1. The molecule has 6 aromatic carbocycles. The number of carbonyl (C=O) groups is 3. The van der Waals surface area contributed by atoms with Crippen molar-refractivity contribution in [2.75, 3.05) is 77.1 Å². The standard InChI is InChI=1S/C27H29N7O3.C27H28N6O2.C26H26N6O2/c1-34(2,36)16-6-9-23(35)32-15-14-20(17-32)33-27-24(26(28)29-18-30-27)25(31-33)19-10-12-22(13-11-19)37-21-7-4-3-5-8-21;1-2-3-11-23(34)32-16-7-8-20(17-32)33-27-24(26(28)29-18-30-27)25(31-33)19-12-14-22(15-13-19)35-21-9-5-4-6-10-21;1-2-3-9-22(33)31-15-14-19(16-31)32-26-23(25(27)28-17-29-26)24(30-32)18-10-12-21(13-11-18)34-20-7-5-4-6-8-20/h3-13,18,20H,14-17H2,1-2H3,(H2,28,29,30);3-6,9-15,18,20H,2,7-8,16-17H2,1H3,(H2,28,29,30);3-13,17,19H,2,14-16H2,1H3,(H2,27,28,29)/b9-6+;11-3+;9-3+. The van der Waals surface area contributed by atoms with Crippen molar-refractivity contribution in [3.8, 4) is 68.3 Å². The monoisotopic (exact) mass is 1420 g/mol. The molecule has 3 saturated heterocycles. The van der Waals surface area contributed by atoms with E-state index in [2.05, 4.69) is 29.9 Å². The molecule has 12 aromatic rings. The van der Waals surface area contributed by atoms with Gasteiger partial charge in [0.25, 0.3) is 0 Å². The fourth-order valence-corrected chi connectivity index (χ4v) is 13.1. The molecule has 6 aromatic heterocycles. The molecule has 15 rings (SSSR count). The molecule has 0 spiro atoms. The minimum Gasteiger partial charge on any atom is -0.633 e. The molecule has 3 unspecified atom stereocenters. The first-order chi connectivity index (χ1) is 51.6. The lowest BCUT2D eigenvalue weighted by Crippen LogP contribution is -2.40. The number of para-hydroxylation sites is 3. The van der Waals surface area contributed by atoms with Crippen LogP contribution in [0.15, 0.2) is 219 Å². The summed E-state index contributed by atoms with van der Waals surface area (Å²) in [5.74, 6) is 5.55. The topological polar surface area (TPSA) is 321 Å². The molecule has 26 heteroatoms. The number of likely N-dealkylation sites (N-methyl/N-ethyl adjacent to an activating group) is 1. The lowest BCUT2D eigenvalue weighted by molar-refractivity contribution is -0.833. The third-order valence-corrected chi connectivity index (χ3v) is 18.4. The van der Waals surface area contributed by atoms with Crippen LogP contribution < -0.4 is 31.4 Å². The van der Waals surface area contributed by atoms with Gasteiger partial charge in [0.2, 0.25) is 17.7 Å². The maximum absolute atomic E-state index is 12.7. The molecule has 0 bridgehead atoms. The van der Waals surface area contributed by atoms with Crippen LogP contribution in [0.4, 0.5) is 17.5 Å². The number of nitrogens with two attached hydrogens (primary N) is 3. The van der Waals surface area contributed by atoms with E-state index in [0.29, 0.717) is 83.9 Å². The van der Waals surface area contributed by atoms with Crippen LogP contribution in [0, 0.1) is 5.21 Å². The number of fused-ring (bicyclic) bond motifs is 3. The summed E-state index contributed by atoms with van der Waals surface area (Å²) in [4.78, 5) is 69.3. The number of piperidine rings is 1. The maximum atomic E-state index is 12.7. The number of ether oxygens (including phenoxy) is 3. The number of hydroxylamine groups is 3. The number of quaternary nitrogens is 1. The third-order valence-electron chi connectivity index (χ3n) is 18.4. The summed E-state index contributed by atoms with van der Waals surface area (Å²) in [6, 6.07) is 51.9. The largest absolute Gasteiger partial charge is 0.633 e. The van der Waals surface area contributed by atoms with Crippen LogP contribution in [-0.2, 0) is 14.4 Å². The number of likely N-dealkylation sites (tertiary alicyclic amines) is 3. The number of carbonyl (C=O) groups excluding carboxylic acids is 3. The quantitative estimate of drug-likeness (QED) is 0.0385. The molecular formula is C80H83N19O7. The zero-order chi connectivity index (χ0) is 73.7. The number of rotatable bonds is 19. The molecule has 106 heavy (non-hydrogen) atoms. The summed E-state index contributed by atoms with van der Waals surface area (Å²) >= 11 is 0. The van der Waals surface area contributed by atoms with Crippen LogP contribution in [0.3, 0.4) is 0 Å². The fraction of sp³-hybridized carbons (Fsp3) is 0.250. The number of nitrogen functional groups attached to an aromatic ring is 3. The van der Waals surface area contributed by atoms with Crippen LogP contribution in [0.2, 0.25) is 0 Å². The number of allylic oxidation sites excluding steroid dienone is 2. The highest BCUT2D eigenvalue weighted by Crippen LogP contribution is 2.39. The van der Waals surface area contributed by atoms with Gasteiger partial charge in [0.05, 0.1) is 54.9 Å². The number of anilines is 3. The molecule has 6 N–H and O–H groups in total. The van der Waals surface area contributed by atoms with E-state index in [1.807, 2.05) is 214 Å². The van der Waals surface area contributed by atoms with E-state index >= 15 is 0 Å². The highest BCUT2D eigenvalue weighted by molar-refractivity contribution is 6.00. The van der Waals surface area contributed by atoms with Crippen LogP contribution in [0.25, 0.3) is 66.9 Å². The van der Waals surface area contributed by atoms with E-state index in [9.17, 15) is 19.6 Å². The SMILES string of the molecule is CC/C=C/C(=O)N1CCC(n2nc(-c3ccc(Oc4ccccc4)cc3)c3c(N)ncnc32)C1.CC/C=C/C(=O)N1CCCC(n2nc(-c3ccc(Oc4ccccc4)cc3)c3c(N)ncnc32)C1.C[N+](C)([O-])C/C=C/C(=O)N1CCC(n2nc(-c3ccc(Oc4ccccc4)cc3)c3c(N)ncnc32)C1. The number of hydrogen-bond acceptors (Lipinski definition) is 19. The second-order valence-corrected chi connectivity index (χ2v) is 26.4. The molecule has 0 aliphatic carbocycles. The number of aromatic nitrogens is 12. The normalized spacial score (nSPS) is 16.0. The van der Waals surface area contributed by atoms with Crippen molar-refractivity contribution in [3.63, 3.8) is 0 Å². The molecule has 3 fully saturated rings. The minimum atomic E-state index is -0.477. The Hall–Kier alpha value is -12.7. The van der Waals surface area contributed by atoms with E-state index in [0.717, 1.165) is 113 Å². The van der Waals surface area contributed by atoms with Crippen molar-refractivity contribution in [3.05, 3.63) is 224 Å². The van der Waals surface area contributed by atoms with Crippen molar-refractivity contribution >= 4 is 68.3 Å². The first-order valence-corrected chi connectivity index (χ1v) is 35.4. The third kappa shape index (κ3) is 16.8. The average molecular weight is 1420 g/mol. The highest BCUT2D eigenvalue weighted by atomic mass is 16.5. The zero-order valence-electron chi connectivity index (χ0n) is 59.5. The summed E-state index contributed by atoms with van der Waals surface area (Å²) in [6.45, 7) is 7.93. The van der Waals surface area contributed by atoms with Crippen molar-refractivity contribution in [1.29, 1.82) is 0 Å². The summed E-state index contributed by atoms with van der Waals surface area (Å²) in [5, 5.41) is 28.6. The van der Waals surface area contributed by atoms with Crippen LogP contribution in [0.5, 0.6) is 34.5 Å². The van der Waals surface area contributed by atoms with Gasteiger partial charge in [0.1, 0.15) is 88.0 Å². The first kappa shape index (κ1) is 71.7. The van der Waals surface area contributed by atoms with Gasteiger partial charge in [-0.2, -0.15) is 15.3 Å². The van der Waals surface area contributed by atoms with Crippen molar-refractivity contribution in [2.45, 2.75) is 70.5 Å². The number of amides is 3. The molecule has 3 aliphatic heterocycles. The second-order valence-electron chi connectivity index (χ2n) is 26.4. The lowest BCUT2D eigenvalue weighted by Gasteiger charge is -2.32. The zero-order valence-corrected chi connectivity index (χ0v) is 59.5. The minimum absolute atomic E-state index is 0.00830. The molecule has 3 amide bonds. The van der Waals surface area contributed by atoms with Crippen LogP contribution >= 0.6 is 0 Å². The second kappa shape index (κ2) is 32.8. The van der Waals surface area contributed by atoms with Crippen molar-refractivity contribution in [2.24, 2.45) is 0 Å². The van der Waals surface area contributed by atoms with Crippen molar-refractivity contribution < 1.29 is 33.2 Å². The predicted octanol–water partition coefficient (Wildman–Crippen LogP) is 13.4. The van der Waals surface area contributed by atoms with Crippen molar-refractivity contribution in [1.82, 2.24) is 73.9 Å². The van der Waals surface area contributed by atoms with Gasteiger partial charge < -0.3 is 56.0 Å². The molecule has 3 aliphatic rings. The summed E-state index contributed by atoms with van der Waals surface area (Å²) in [6.07, 6.45) is 19.6. The molecule has 26 nitrogen and oxygen atoms in total. The predicted molar refractivity (Wildman–Crippen MR) is 409 cm³/mol. The van der Waals surface area contributed by atoms with E-state index < -0.39 is 4.65 Å². The van der Waals surface area contributed by atoms with Gasteiger partial charge in [-0.1, -0.05) is 80.6 Å². The molecular weight excluding hydrogens is 1340 g/mol. The highest BCUT2D eigenvalue weighted by Gasteiger charge is 2.33. The molecule has 0 saturated carbocycles. The van der Waals surface area contributed by atoms with Gasteiger partial charge in [-0.25, -0.2) is 43.9 Å². The Labute approximate surface area is 612 Å². The Morgan fingerprint density at radius 3 is 1.05 bits per heavy atom. The Balaban J connectivity index is 0.000000141. The smallest absolute Gasteiger partial charge is 0.246 e. The summed E-state index contributed by atoms with van der Waals surface area (Å²) < 4.78 is 22.9. The van der Waals surface area contributed by atoms with Gasteiger partial charge in [0, 0.05) is 62.0 Å². The Morgan fingerprint density at radius 1 is 0.425 bits per heavy atom. The summed E-state index contributed by atoms with van der Waals surface area (Å²) in [7, 11) is 3.08. The summed E-state index contributed by atoms with van der Waals surface area (Å²) in [5.41, 5.74) is 25.6. The van der Waals surface area contributed by atoms with Gasteiger partial charge >= 0.3 is 0 Å². The maximum Gasteiger partial charge on any atom is 0.246 e. The number of benzene rings is 6. The van der Waals surface area contributed by atoms with Gasteiger partial charge in [-0.05, 0) is 166 Å². The van der Waals surface area contributed by atoms with Gasteiger partial charge in [-0.15, -0.1) is 0 Å². The first-order valence-electron chi connectivity index (χ1n) is 35.4.